The quantitative estimate of drug-likeness (QED) is 0.481. The van der Waals surface area contributed by atoms with Crippen LogP contribution in [0.15, 0.2) is 12.5 Å². The second-order valence-electron chi connectivity index (χ2n) is 0.965. The molecule has 0 bridgehead atoms. The lowest BCUT2D eigenvalue weighted by Gasteiger charge is -1.67. The molecule has 0 aromatic carbocycles. The Morgan fingerprint density at radius 2 is 2.67 bits per heavy atom. The summed E-state index contributed by atoms with van der Waals surface area (Å²) in [4.78, 5) is 6.13. The molecule has 0 fully saturated rings. The molecule has 0 aliphatic rings. The SMILES string of the molecule is [NH]c1cnc[nH]1. The number of H-pyrrole nitrogens is 1. The number of aromatic nitrogens is 2. The maximum Gasteiger partial charge on any atom is 0.142 e. The van der Waals surface area contributed by atoms with Crippen LogP contribution in [-0.2, 0) is 0 Å². The molecule has 0 aliphatic carbocycles. The van der Waals surface area contributed by atoms with Crippen molar-refractivity contribution in [1.29, 1.82) is 0 Å². The van der Waals surface area contributed by atoms with Crippen molar-refractivity contribution >= 4 is 5.82 Å². The number of imidazole rings is 1. The summed E-state index contributed by atoms with van der Waals surface area (Å²) in [6.07, 6.45) is 2.92. The van der Waals surface area contributed by atoms with Gasteiger partial charge in [0.1, 0.15) is 5.82 Å². The van der Waals surface area contributed by atoms with Gasteiger partial charge >= 0.3 is 0 Å². The minimum Gasteiger partial charge on any atom is -0.330 e. The predicted molar refractivity (Wildman–Crippen MR) is 21.3 cm³/mol. The van der Waals surface area contributed by atoms with Gasteiger partial charge in [0, 0.05) is 0 Å². The van der Waals surface area contributed by atoms with Crippen molar-refractivity contribution in [3.8, 4) is 0 Å². The highest BCUT2D eigenvalue weighted by Crippen LogP contribution is 1.88. The van der Waals surface area contributed by atoms with Crippen LogP contribution < -0.4 is 5.73 Å². The third-order valence-corrected chi connectivity index (χ3v) is 0.498. The summed E-state index contributed by atoms with van der Waals surface area (Å²) in [7, 11) is 0. The normalized spacial score (nSPS) is 8.67. The smallest absolute Gasteiger partial charge is 0.142 e. The Hall–Kier alpha value is -0.990. The van der Waals surface area contributed by atoms with Crippen LogP contribution in [0, 0.1) is 0 Å². The van der Waals surface area contributed by atoms with Gasteiger partial charge in [-0.2, -0.15) is 0 Å². The maximum atomic E-state index is 6.76. The van der Waals surface area contributed by atoms with E-state index in [1.165, 1.54) is 12.5 Å². The van der Waals surface area contributed by atoms with E-state index < -0.39 is 0 Å². The van der Waals surface area contributed by atoms with Gasteiger partial charge in [-0.3, -0.25) is 5.73 Å². The van der Waals surface area contributed by atoms with E-state index in [1.54, 1.807) is 0 Å². The average Bonchev–Trinajstić information content (AvgIpc) is 1.86. The first-order chi connectivity index (χ1) is 2.89. The number of hydrogen-bond donors (Lipinski definition) is 1. The predicted octanol–water partition coefficient (Wildman–Crippen LogP) is 0.324. The monoisotopic (exact) mass is 82.0 g/mol. The molecule has 1 aromatic heterocycles. The van der Waals surface area contributed by atoms with E-state index in [1.807, 2.05) is 0 Å². The lowest BCUT2D eigenvalue weighted by atomic mass is 10.8. The fraction of sp³-hybridized carbons (Fsp3) is 0. The number of rotatable bonds is 0. The molecule has 1 heterocycles. The Morgan fingerprint density at radius 3 is 2.83 bits per heavy atom. The maximum absolute atomic E-state index is 6.76. The first kappa shape index (κ1) is 3.21. The molecule has 3 nitrogen and oxygen atoms in total. The molecule has 0 unspecified atom stereocenters. The van der Waals surface area contributed by atoms with E-state index in [4.69, 9.17) is 5.73 Å². The highest BCUT2D eigenvalue weighted by atomic mass is 14.9. The topological polar surface area (TPSA) is 52.5 Å². The molecule has 1 radical (unpaired) electrons. The average molecular weight is 82.1 g/mol. The summed E-state index contributed by atoms with van der Waals surface area (Å²) < 4.78 is 0. The van der Waals surface area contributed by atoms with Gasteiger partial charge in [0.15, 0.2) is 0 Å². The van der Waals surface area contributed by atoms with E-state index in [-0.39, 0.29) is 0 Å². The molecule has 0 saturated carbocycles. The molecule has 2 N–H and O–H groups in total. The summed E-state index contributed by atoms with van der Waals surface area (Å²) >= 11 is 0. The highest BCUT2D eigenvalue weighted by molar-refractivity contribution is 5.14. The van der Waals surface area contributed by atoms with Gasteiger partial charge in [-0.1, -0.05) is 0 Å². The molecule has 1 rings (SSSR count). The molecule has 0 atom stereocenters. The van der Waals surface area contributed by atoms with Crippen LogP contribution in [0.1, 0.15) is 0 Å². The highest BCUT2D eigenvalue weighted by Gasteiger charge is 1.75. The van der Waals surface area contributed by atoms with E-state index in [0.717, 1.165) is 0 Å². The van der Waals surface area contributed by atoms with Crippen LogP contribution in [-0.4, -0.2) is 9.97 Å². The summed E-state index contributed by atoms with van der Waals surface area (Å²) in [5.41, 5.74) is 6.76. The van der Waals surface area contributed by atoms with Gasteiger partial charge in [0.2, 0.25) is 0 Å². The van der Waals surface area contributed by atoms with Gasteiger partial charge in [-0.05, 0) is 0 Å². The second kappa shape index (κ2) is 1.01. The van der Waals surface area contributed by atoms with Crippen LogP contribution in [0.3, 0.4) is 0 Å². The number of nitrogens with zero attached hydrogens (tertiary/aromatic N) is 1. The standard InChI is InChI=1S/C3H4N3/c4-3-1-5-2-6-3/h1-2,4H,(H,5,6). The van der Waals surface area contributed by atoms with Crippen molar-refractivity contribution in [2.45, 2.75) is 0 Å². The molecule has 1 aromatic rings. The van der Waals surface area contributed by atoms with Gasteiger partial charge in [-0.25, -0.2) is 4.98 Å². The van der Waals surface area contributed by atoms with Crippen LogP contribution in [0.2, 0.25) is 0 Å². The largest absolute Gasteiger partial charge is 0.330 e. The molecule has 0 spiro atoms. The zero-order chi connectivity index (χ0) is 4.41. The van der Waals surface area contributed by atoms with Crippen molar-refractivity contribution in [3.63, 3.8) is 0 Å². The first-order valence-electron chi connectivity index (χ1n) is 1.59. The van der Waals surface area contributed by atoms with E-state index in [0.29, 0.717) is 5.82 Å². The van der Waals surface area contributed by atoms with Crippen molar-refractivity contribution in [2.75, 3.05) is 0 Å². The first-order valence-corrected chi connectivity index (χ1v) is 1.59. The minimum atomic E-state index is 0.356. The zero-order valence-electron chi connectivity index (χ0n) is 3.10. The zero-order valence-corrected chi connectivity index (χ0v) is 3.10. The van der Waals surface area contributed by atoms with Crippen molar-refractivity contribution in [3.05, 3.63) is 12.5 Å². The third kappa shape index (κ3) is 0.337. The molecule has 0 aliphatic heterocycles. The van der Waals surface area contributed by atoms with Gasteiger partial charge in [0.05, 0.1) is 12.5 Å². The number of aromatic amines is 1. The molecule has 6 heavy (non-hydrogen) atoms. The van der Waals surface area contributed by atoms with Gasteiger partial charge < -0.3 is 4.98 Å². The summed E-state index contributed by atoms with van der Waals surface area (Å²) in [6, 6.07) is 0. The third-order valence-electron chi connectivity index (χ3n) is 0.498. The number of hydrogen-bond acceptors (Lipinski definition) is 1. The van der Waals surface area contributed by atoms with Gasteiger partial charge in [-0.15, -0.1) is 0 Å². The molecular weight excluding hydrogens is 78.1 g/mol. The molecule has 3 heteroatoms. The minimum absolute atomic E-state index is 0.356. The van der Waals surface area contributed by atoms with Crippen LogP contribution in [0.5, 0.6) is 0 Å². The fourth-order valence-electron chi connectivity index (χ4n) is 0.256. The Morgan fingerprint density at radius 1 is 1.83 bits per heavy atom. The lowest BCUT2D eigenvalue weighted by Crippen LogP contribution is -1.58. The number of nitrogens with one attached hydrogen (secondary N) is 2. The molecule has 0 saturated heterocycles. The Balaban J connectivity index is 3.05. The van der Waals surface area contributed by atoms with Crippen molar-refractivity contribution < 1.29 is 0 Å². The van der Waals surface area contributed by atoms with Crippen molar-refractivity contribution in [1.82, 2.24) is 15.7 Å². The summed E-state index contributed by atoms with van der Waals surface area (Å²) in [5.74, 6) is 0.356. The fourth-order valence-corrected chi connectivity index (χ4v) is 0.256. The molecular formula is C3H4N3. The summed E-state index contributed by atoms with van der Waals surface area (Å²) in [5, 5.41) is 0. The molecule has 31 valence electrons. The van der Waals surface area contributed by atoms with E-state index >= 15 is 0 Å². The Labute approximate surface area is 35.2 Å². The van der Waals surface area contributed by atoms with Crippen LogP contribution in [0.25, 0.3) is 0 Å². The van der Waals surface area contributed by atoms with Crippen LogP contribution >= 0.6 is 0 Å². The van der Waals surface area contributed by atoms with E-state index in [9.17, 15) is 0 Å². The van der Waals surface area contributed by atoms with E-state index in [2.05, 4.69) is 9.97 Å². The Bertz CT molecular complexity index is 110. The molecule has 0 amide bonds. The Kier molecular flexibility index (Phi) is 0.538. The van der Waals surface area contributed by atoms with Crippen LogP contribution in [0.4, 0.5) is 5.82 Å². The summed E-state index contributed by atoms with van der Waals surface area (Å²) in [6.45, 7) is 0. The van der Waals surface area contributed by atoms with Crippen molar-refractivity contribution in [2.24, 2.45) is 0 Å². The van der Waals surface area contributed by atoms with Gasteiger partial charge in [0.25, 0.3) is 0 Å². The second-order valence-corrected chi connectivity index (χ2v) is 0.965. The lowest BCUT2D eigenvalue weighted by molar-refractivity contribution is 1.29.